The molecule has 1 aliphatic heterocycles. The van der Waals surface area contributed by atoms with E-state index in [0.29, 0.717) is 22.5 Å². The van der Waals surface area contributed by atoms with Gasteiger partial charge in [0.05, 0.1) is 22.3 Å². The Morgan fingerprint density at radius 3 is 1.95 bits per heavy atom. The summed E-state index contributed by atoms with van der Waals surface area (Å²) >= 11 is 1.63. The van der Waals surface area contributed by atoms with Crippen LogP contribution in [0, 0.1) is 0 Å². The second kappa shape index (κ2) is 11.6. The van der Waals surface area contributed by atoms with Crippen LogP contribution in [-0.4, -0.2) is 26.6 Å². The molecule has 1 saturated heterocycles. The zero-order valence-electron chi connectivity index (χ0n) is 23.2. The van der Waals surface area contributed by atoms with Crippen LogP contribution in [0.5, 0.6) is 0 Å². The third-order valence-electron chi connectivity index (χ3n) is 7.57. The molecule has 1 fully saturated rings. The van der Waals surface area contributed by atoms with Crippen LogP contribution in [0.4, 0.5) is 5.69 Å². The number of aromatic nitrogens is 2. The van der Waals surface area contributed by atoms with Crippen molar-refractivity contribution in [1.82, 2.24) is 9.55 Å². The maximum absolute atomic E-state index is 13.7. The van der Waals surface area contributed by atoms with Crippen molar-refractivity contribution in [3.63, 3.8) is 0 Å². The van der Waals surface area contributed by atoms with Gasteiger partial charge in [-0.2, -0.15) is 0 Å². The van der Waals surface area contributed by atoms with Crippen LogP contribution in [0.25, 0.3) is 45.2 Å². The van der Waals surface area contributed by atoms with Crippen LogP contribution in [-0.2, 0) is 4.79 Å². The largest absolute Gasteiger partial charge is 0.296 e. The number of nitrogens with zero attached hydrogens (tertiary/aromatic N) is 3. The van der Waals surface area contributed by atoms with Crippen molar-refractivity contribution in [2.45, 2.75) is 5.37 Å². The zero-order valence-corrected chi connectivity index (χ0v) is 24.0. The van der Waals surface area contributed by atoms with Gasteiger partial charge >= 0.3 is 0 Å². The Balaban J connectivity index is 1.18. The van der Waals surface area contributed by atoms with Crippen molar-refractivity contribution in [2.24, 2.45) is 0 Å². The first kappa shape index (κ1) is 26.7. The van der Waals surface area contributed by atoms with Crippen molar-refractivity contribution < 1.29 is 4.79 Å². The van der Waals surface area contributed by atoms with Gasteiger partial charge in [0.1, 0.15) is 11.2 Å². The Kier molecular flexibility index (Phi) is 7.19. The normalized spacial score (nSPS) is 15.0. The molecular weight excluding hydrogens is 550 g/mol. The fourth-order valence-corrected chi connectivity index (χ4v) is 6.43. The highest BCUT2D eigenvalue weighted by atomic mass is 32.2. The Morgan fingerprint density at radius 1 is 0.651 bits per heavy atom. The number of amides is 1. The van der Waals surface area contributed by atoms with Crippen molar-refractivity contribution >= 4 is 40.3 Å². The van der Waals surface area contributed by atoms with Gasteiger partial charge in [-0.25, -0.2) is 4.98 Å². The predicted octanol–water partition coefficient (Wildman–Crippen LogP) is 7.84. The van der Waals surface area contributed by atoms with E-state index in [4.69, 9.17) is 4.98 Å². The quantitative estimate of drug-likeness (QED) is 0.202. The molecule has 0 bridgehead atoms. The first-order valence-corrected chi connectivity index (χ1v) is 15.2. The van der Waals surface area contributed by atoms with E-state index in [1.54, 1.807) is 16.3 Å². The van der Waals surface area contributed by atoms with Crippen molar-refractivity contribution in [3.8, 4) is 28.2 Å². The van der Waals surface area contributed by atoms with E-state index in [2.05, 4.69) is 24.3 Å². The van der Waals surface area contributed by atoms with Gasteiger partial charge < -0.3 is 0 Å². The van der Waals surface area contributed by atoms with Crippen LogP contribution in [0.3, 0.4) is 0 Å². The first-order valence-electron chi connectivity index (χ1n) is 14.1. The molecule has 0 spiro atoms. The lowest BCUT2D eigenvalue weighted by Gasteiger charge is -2.22. The maximum Gasteiger partial charge on any atom is 0.266 e. The first-order chi connectivity index (χ1) is 21.2. The number of fused-ring (bicyclic) bond motifs is 1. The lowest BCUT2D eigenvalue weighted by Crippen LogP contribution is -2.31. The predicted molar refractivity (Wildman–Crippen MR) is 177 cm³/mol. The minimum Gasteiger partial charge on any atom is -0.296 e. The molecule has 1 atom stereocenters. The van der Waals surface area contributed by atoms with Gasteiger partial charge in [-0.3, -0.25) is 19.1 Å². The molecule has 0 radical (unpaired) electrons. The number of carbonyl (C=O) groups is 1. The van der Waals surface area contributed by atoms with Crippen LogP contribution < -0.4 is 10.5 Å². The van der Waals surface area contributed by atoms with E-state index in [1.165, 1.54) is 0 Å². The number of anilines is 1. The molecule has 6 aromatic rings. The average Bonchev–Trinajstić information content (AvgIpc) is 3.44. The summed E-state index contributed by atoms with van der Waals surface area (Å²) in [6.45, 7) is 0. The monoisotopic (exact) mass is 577 g/mol. The van der Waals surface area contributed by atoms with Crippen molar-refractivity contribution in [1.29, 1.82) is 0 Å². The van der Waals surface area contributed by atoms with Gasteiger partial charge in [0.25, 0.3) is 5.56 Å². The Hall–Kier alpha value is -5.20. The molecule has 6 heteroatoms. The molecule has 43 heavy (non-hydrogen) atoms. The molecule has 1 amide bonds. The van der Waals surface area contributed by atoms with Crippen LogP contribution in [0.1, 0.15) is 5.56 Å². The lowest BCUT2D eigenvalue weighted by atomic mass is 10.0. The summed E-state index contributed by atoms with van der Waals surface area (Å²) in [5.41, 5.74) is 6.21. The zero-order chi connectivity index (χ0) is 29.2. The van der Waals surface area contributed by atoms with E-state index in [1.807, 2.05) is 126 Å². The number of thioether (sulfide) groups is 1. The van der Waals surface area contributed by atoms with E-state index < -0.39 is 0 Å². The molecule has 2 heterocycles. The molecule has 7 rings (SSSR count). The second-order valence-electron chi connectivity index (χ2n) is 10.3. The molecule has 5 nitrogen and oxygen atoms in total. The highest BCUT2D eigenvalue weighted by molar-refractivity contribution is 8.01. The number of para-hydroxylation sites is 1. The number of hydrogen-bond donors (Lipinski definition) is 0. The molecule has 1 aromatic heterocycles. The van der Waals surface area contributed by atoms with E-state index >= 15 is 0 Å². The maximum atomic E-state index is 13.7. The topological polar surface area (TPSA) is 55.2 Å². The third kappa shape index (κ3) is 5.29. The van der Waals surface area contributed by atoms with E-state index in [9.17, 15) is 9.59 Å². The summed E-state index contributed by atoms with van der Waals surface area (Å²) in [6.07, 6.45) is 4.16. The summed E-state index contributed by atoms with van der Waals surface area (Å²) < 4.78 is 1.68. The van der Waals surface area contributed by atoms with Gasteiger partial charge in [0.15, 0.2) is 0 Å². The average molecular weight is 578 g/mol. The molecule has 1 aliphatic rings. The van der Waals surface area contributed by atoms with Gasteiger partial charge in [0.2, 0.25) is 5.91 Å². The Bertz CT molecular complexity index is 2000. The summed E-state index contributed by atoms with van der Waals surface area (Å²) in [4.78, 5) is 33.2. The third-order valence-corrected chi connectivity index (χ3v) is 8.69. The van der Waals surface area contributed by atoms with Crippen LogP contribution in [0.15, 0.2) is 144 Å². The molecule has 0 N–H and O–H groups in total. The molecular formula is C37H27N3O2S. The van der Waals surface area contributed by atoms with Crippen molar-refractivity contribution in [3.05, 3.63) is 155 Å². The molecule has 0 aliphatic carbocycles. The summed E-state index contributed by atoms with van der Waals surface area (Å²) in [7, 11) is 0. The van der Waals surface area contributed by atoms with Crippen molar-refractivity contribution in [2.75, 3.05) is 10.7 Å². The Labute approximate surface area is 253 Å². The van der Waals surface area contributed by atoms with Crippen LogP contribution >= 0.6 is 11.8 Å². The van der Waals surface area contributed by atoms with E-state index in [-0.39, 0.29) is 16.8 Å². The second-order valence-corrected chi connectivity index (χ2v) is 11.4. The number of benzene rings is 5. The molecule has 0 saturated carbocycles. The molecule has 5 aromatic carbocycles. The fraction of sp³-hybridized carbons (Fsp3) is 0.0541. The minimum atomic E-state index is -0.106. The summed E-state index contributed by atoms with van der Waals surface area (Å²) in [5, 5.41) is 0.527. The lowest BCUT2D eigenvalue weighted by molar-refractivity contribution is -0.115. The number of carbonyl (C=O) groups excluding carboxylic acids is 1. The summed E-state index contributed by atoms with van der Waals surface area (Å²) in [5.74, 6) is 1.17. The number of hydrogen-bond acceptors (Lipinski definition) is 4. The van der Waals surface area contributed by atoms with Gasteiger partial charge in [-0.05, 0) is 53.1 Å². The van der Waals surface area contributed by atoms with Gasteiger partial charge in [0, 0.05) is 11.3 Å². The van der Waals surface area contributed by atoms with Crippen LogP contribution in [0.2, 0.25) is 0 Å². The SMILES string of the molecule is O=C1CSC(/C=C/c2ccccc2)N1c1ccc(-c2ccc(-n3c(-c4ccccc4)nc4ccccc4c3=O)cc2)cc1. The molecule has 208 valence electrons. The minimum absolute atomic E-state index is 0.0504. The van der Waals surface area contributed by atoms with Gasteiger partial charge in [-0.15, -0.1) is 11.8 Å². The smallest absolute Gasteiger partial charge is 0.266 e. The summed E-state index contributed by atoms with van der Waals surface area (Å²) in [6, 6.07) is 43.4. The van der Waals surface area contributed by atoms with Gasteiger partial charge in [-0.1, -0.05) is 109 Å². The Morgan fingerprint density at radius 2 is 1.26 bits per heavy atom. The highest BCUT2D eigenvalue weighted by Crippen LogP contribution is 2.33. The standard InChI is InChI=1S/C37H27N3O2S/c41-34-25-43-35(24-15-26-9-3-1-4-10-26)39(34)30-20-16-27(17-21-30)28-18-22-31(23-19-28)40-36(29-11-5-2-6-12-29)38-33-14-8-7-13-32(33)37(40)42/h1-24,35H,25H2/b24-15+. The molecule has 1 unspecified atom stereocenters. The number of rotatable bonds is 6. The fourth-order valence-electron chi connectivity index (χ4n) is 5.40. The highest BCUT2D eigenvalue weighted by Gasteiger charge is 2.31. The van der Waals surface area contributed by atoms with E-state index in [0.717, 1.165) is 33.6 Å².